The quantitative estimate of drug-likeness (QED) is 0.674. The second-order valence-corrected chi connectivity index (χ2v) is 6.77. The van der Waals surface area contributed by atoms with Gasteiger partial charge in [-0.2, -0.15) is 0 Å². The first kappa shape index (κ1) is 17.8. The van der Waals surface area contributed by atoms with Crippen molar-refractivity contribution in [3.8, 4) is 12.3 Å². The Morgan fingerprint density at radius 2 is 1.96 bits per heavy atom. The Morgan fingerprint density at radius 1 is 1.26 bits per heavy atom. The van der Waals surface area contributed by atoms with E-state index in [-0.39, 0.29) is 5.41 Å². The molecule has 23 heavy (non-hydrogen) atoms. The molecular formula is C21H29NO. The fourth-order valence-electron chi connectivity index (χ4n) is 3.60. The van der Waals surface area contributed by atoms with Crippen LogP contribution in [0.15, 0.2) is 30.3 Å². The highest BCUT2D eigenvalue weighted by Crippen LogP contribution is 2.37. The van der Waals surface area contributed by atoms with Crippen molar-refractivity contribution in [3.05, 3.63) is 35.9 Å². The van der Waals surface area contributed by atoms with Gasteiger partial charge in [0.1, 0.15) is 5.78 Å². The van der Waals surface area contributed by atoms with E-state index in [0.717, 1.165) is 45.3 Å². The van der Waals surface area contributed by atoms with Crippen molar-refractivity contribution in [1.82, 2.24) is 4.90 Å². The average molecular weight is 311 g/mol. The van der Waals surface area contributed by atoms with E-state index in [2.05, 4.69) is 48.1 Å². The number of aryl methyl sites for hydroxylation is 1. The van der Waals surface area contributed by atoms with E-state index in [0.29, 0.717) is 18.6 Å². The van der Waals surface area contributed by atoms with E-state index in [1.165, 1.54) is 12.0 Å². The second-order valence-electron chi connectivity index (χ2n) is 6.77. The van der Waals surface area contributed by atoms with Crippen LogP contribution in [0.4, 0.5) is 0 Å². The largest absolute Gasteiger partial charge is 0.303 e. The molecule has 1 fully saturated rings. The molecule has 0 aliphatic carbocycles. The Hall–Kier alpha value is -1.59. The minimum absolute atomic E-state index is 0.235. The average Bonchev–Trinajstić information content (AvgIpc) is 2.58. The summed E-state index contributed by atoms with van der Waals surface area (Å²) < 4.78 is 0. The van der Waals surface area contributed by atoms with E-state index < -0.39 is 0 Å². The minimum Gasteiger partial charge on any atom is -0.303 e. The summed E-state index contributed by atoms with van der Waals surface area (Å²) in [5.41, 5.74) is 1.17. The van der Waals surface area contributed by atoms with Crippen LogP contribution < -0.4 is 0 Å². The van der Waals surface area contributed by atoms with Gasteiger partial charge in [-0.25, -0.2) is 0 Å². The molecule has 0 spiro atoms. The van der Waals surface area contributed by atoms with Crippen molar-refractivity contribution >= 4 is 5.78 Å². The van der Waals surface area contributed by atoms with Crippen LogP contribution in [-0.2, 0) is 11.2 Å². The van der Waals surface area contributed by atoms with Crippen LogP contribution in [0.3, 0.4) is 0 Å². The number of carbonyl (C=O) groups is 1. The zero-order chi connectivity index (χ0) is 16.5. The lowest BCUT2D eigenvalue weighted by atomic mass is 9.71. The Balaban J connectivity index is 1.80. The summed E-state index contributed by atoms with van der Waals surface area (Å²) in [6, 6.07) is 10.6. The van der Waals surface area contributed by atoms with Crippen LogP contribution in [0.5, 0.6) is 0 Å². The van der Waals surface area contributed by atoms with Gasteiger partial charge in [-0.3, -0.25) is 4.79 Å². The van der Waals surface area contributed by atoms with E-state index in [9.17, 15) is 4.79 Å². The molecule has 2 heteroatoms. The van der Waals surface area contributed by atoms with Gasteiger partial charge in [0.15, 0.2) is 0 Å². The topological polar surface area (TPSA) is 20.3 Å². The lowest BCUT2D eigenvalue weighted by molar-refractivity contribution is -0.131. The zero-order valence-electron chi connectivity index (χ0n) is 14.4. The molecule has 0 radical (unpaired) electrons. The number of carbonyl (C=O) groups excluding carboxylic acids is 1. The second kappa shape index (κ2) is 8.89. The molecule has 1 heterocycles. The van der Waals surface area contributed by atoms with Crippen molar-refractivity contribution in [2.45, 2.75) is 51.9 Å². The van der Waals surface area contributed by atoms with Gasteiger partial charge >= 0.3 is 0 Å². The van der Waals surface area contributed by atoms with Crippen LogP contribution in [0, 0.1) is 17.8 Å². The molecule has 124 valence electrons. The first-order chi connectivity index (χ1) is 11.2. The van der Waals surface area contributed by atoms with Gasteiger partial charge in [-0.15, -0.1) is 12.3 Å². The first-order valence-electron chi connectivity index (χ1n) is 8.93. The standard InChI is InChI=1S/C21H29NO/c1-3-9-20(23)21(13-4-2)14-17-22(18-15-21)16-8-12-19-10-6-5-7-11-19/h2,5-7,10-11H,3,8-9,12-18H2,1H3. The normalized spacial score (nSPS) is 17.6. The number of terminal acetylenes is 1. The number of nitrogens with zero attached hydrogens (tertiary/aromatic N) is 1. The predicted octanol–water partition coefficient (Wildman–Crippen LogP) is 4.09. The number of piperidine rings is 1. The van der Waals surface area contributed by atoms with Crippen molar-refractivity contribution in [3.63, 3.8) is 0 Å². The molecule has 0 bridgehead atoms. The fraction of sp³-hybridized carbons (Fsp3) is 0.571. The Labute approximate surface area is 141 Å². The summed E-state index contributed by atoms with van der Waals surface area (Å²) in [6.45, 7) is 5.20. The number of Topliss-reactive ketones (excluding diaryl/α,β-unsaturated/α-hetero) is 1. The van der Waals surface area contributed by atoms with Crippen LogP contribution in [0.1, 0.15) is 51.0 Å². The minimum atomic E-state index is -0.235. The van der Waals surface area contributed by atoms with Gasteiger partial charge in [0.25, 0.3) is 0 Å². The number of hydrogen-bond donors (Lipinski definition) is 0. The van der Waals surface area contributed by atoms with Crippen molar-refractivity contribution < 1.29 is 4.79 Å². The van der Waals surface area contributed by atoms with E-state index in [1.54, 1.807) is 0 Å². The highest BCUT2D eigenvalue weighted by atomic mass is 16.1. The fourth-order valence-corrected chi connectivity index (χ4v) is 3.60. The molecule has 1 aliphatic rings. The molecule has 0 saturated carbocycles. The summed E-state index contributed by atoms with van der Waals surface area (Å²) in [4.78, 5) is 15.0. The monoisotopic (exact) mass is 311 g/mol. The third-order valence-corrected chi connectivity index (χ3v) is 5.10. The molecule has 2 rings (SSSR count). The van der Waals surface area contributed by atoms with E-state index in [4.69, 9.17) is 6.42 Å². The first-order valence-corrected chi connectivity index (χ1v) is 8.93. The summed E-state index contributed by atoms with van der Waals surface area (Å²) in [5.74, 6) is 3.15. The molecule has 0 aromatic heterocycles. The molecule has 1 saturated heterocycles. The van der Waals surface area contributed by atoms with Gasteiger partial charge in [0.05, 0.1) is 0 Å². The number of benzene rings is 1. The number of likely N-dealkylation sites (tertiary alicyclic amines) is 1. The van der Waals surface area contributed by atoms with Crippen LogP contribution in [-0.4, -0.2) is 30.3 Å². The van der Waals surface area contributed by atoms with Gasteiger partial charge in [-0.05, 0) is 57.3 Å². The Kier molecular flexibility index (Phi) is 6.86. The molecule has 0 amide bonds. The molecule has 1 aromatic rings. The maximum atomic E-state index is 12.5. The number of ketones is 1. The maximum absolute atomic E-state index is 12.5. The van der Waals surface area contributed by atoms with Gasteiger partial charge in [0.2, 0.25) is 0 Å². The van der Waals surface area contributed by atoms with Gasteiger partial charge in [0, 0.05) is 18.3 Å². The van der Waals surface area contributed by atoms with E-state index >= 15 is 0 Å². The van der Waals surface area contributed by atoms with Gasteiger partial charge < -0.3 is 4.90 Å². The zero-order valence-corrected chi connectivity index (χ0v) is 14.4. The van der Waals surface area contributed by atoms with Crippen LogP contribution in [0.2, 0.25) is 0 Å². The highest BCUT2D eigenvalue weighted by molar-refractivity contribution is 5.85. The third kappa shape index (κ3) is 4.94. The van der Waals surface area contributed by atoms with Gasteiger partial charge in [-0.1, -0.05) is 37.3 Å². The molecule has 1 aromatic carbocycles. The summed E-state index contributed by atoms with van der Waals surface area (Å²) in [6.07, 6.45) is 11.9. The lowest BCUT2D eigenvalue weighted by Gasteiger charge is -2.40. The van der Waals surface area contributed by atoms with Crippen LogP contribution >= 0.6 is 0 Å². The Morgan fingerprint density at radius 3 is 2.57 bits per heavy atom. The summed E-state index contributed by atoms with van der Waals surface area (Å²) in [7, 11) is 0. The molecular weight excluding hydrogens is 282 g/mol. The summed E-state index contributed by atoms with van der Waals surface area (Å²) in [5, 5.41) is 0. The lowest BCUT2D eigenvalue weighted by Crippen LogP contribution is -2.44. The Bertz CT molecular complexity index is 521. The summed E-state index contributed by atoms with van der Waals surface area (Å²) >= 11 is 0. The number of hydrogen-bond acceptors (Lipinski definition) is 2. The molecule has 2 nitrogen and oxygen atoms in total. The SMILES string of the molecule is C#CCC1(C(=O)CCC)CCN(CCCc2ccccc2)CC1. The number of rotatable bonds is 8. The highest BCUT2D eigenvalue weighted by Gasteiger charge is 2.39. The van der Waals surface area contributed by atoms with E-state index in [1.807, 2.05) is 0 Å². The smallest absolute Gasteiger partial charge is 0.140 e. The van der Waals surface area contributed by atoms with Crippen LogP contribution in [0.25, 0.3) is 0 Å². The third-order valence-electron chi connectivity index (χ3n) is 5.10. The van der Waals surface area contributed by atoms with Crippen molar-refractivity contribution in [1.29, 1.82) is 0 Å². The predicted molar refractivity (Wildman–Crippen MR) is 96.2 cm³/mol. The van der Waals surface area contributed by atoms with Crippen molar-refractivity contribution in [2.75, 3.05) is 19.6 Å². The molecule has 0 atom stereocenters. The molecule has 1 aliphatic heterocycles. The molecule has 0 N–H and O–H groups in total. The maximum Gasteiger partial charge on any atom is 0.140 e. The molecule has 0 unspecified atom stereocenters. The van der Waals surface area contributed by atoms with Crippen molar-refractivity contribution in [2.24, 2.45) is 5.41 Å².